The predicted octanol–water partition coefficient (Wildman–Crippen LogP) is 1.59. The van der Waals surface area contributed by atoms with Crippen LogP contribution in [0.4, 0.5) is 8.78 Å². The van der Waals surface area contributed by atoms with E-state index in [1.165, 1.54) is 4.90 Å². The zero-order valence-electron chi connectivity index (χ0n) is 11.4. The fourth-order valence-electron chi connectivity index (χ4n) is 2.22. The molecule has 0 unspecified atom stereocenters. The van der Waals surface area contributed by atoms with Crippen LogP contribution in [0.5, 0.6) is 0 Å². The van der Waals surface area contributed by atoms with Gasteiger partial charge in [0.25, 0.3) is 0 Å². The second kappa shape index (κ2) is 5.19. The summed E-state index contributed by atoms with van der Waals surface area (Å²) in [6.07, 6.45) is 0.145. The van der Waals surface area contributed by atoms with E-state index in [1.54, 1.807) is 13.8 Å². The average Bonchev–Trinajstić information content (AvgIpc) is 2.45. The van der Waals surface area contributed by atoms with Crippen molar-refractivity contribution in [1.82, 2.24) is 10.2 Å². The van der Waals surface area contributed by atoms with Crippen LogP contribution < -0.4 is 5.32 Å². The molecule has 0 bridgehead atoms. The van der Waals surface area contributed by atoms with Gasteiger partial charge in [-0.1, -0.05) is 0 Å². The number of benzene rings is 1. The molecule has 1 aliphatic rings. The number of halogens is 2. The third kappa shape index (κ3) is 2.95. The third-order valence-corrected chi connectivity index (χ3v) is 3.25. The molecule has 20 heavy (non-hydrogen) atoms. The monoisotopic (exact) mass is 282 g/mol. The molecule has 0 aliphatic carbocycles. The summed E-state index contributed by atoms with van der Waals surface area (Å²) in [5.41, 5.74) is -0.944. The summed E-state index contributed by atoms with van der Waals surface area (Å²) in [6, 6.07) is 3.12. The van der Waals surface area contributed by atoms with Gasteiger partial charge in [0.15, 0.2) is 0 Å². The maximum Gasteiger partial charge on any atom is 0.248 e. The van der Waals surface area contributed by atoms with Crippen molar-refractivity contribution in [2.75, 3.05) is 6.54 Å². The van der Waals surface area contributed by atoms with E-state index in [9.17, 15) is 18.4 Å². The molecule has 1 N–H and O–H groups in total. The van der Waals surface area contributed by atoms with Gasteiger partial charge in [-0.2, -0.15) is 0 Å². The molecule has 4 nitrogen and oxygen atoms in total. The number of nitrogens with one attached hydrogen (secondary N) is 1. The van der Waals surface area contributed by atoms with Crippen molar-refractivity contribution in [3.05, 3.63) is 35.4 Å². The molecule has 1 heterocycles. The molecule has 1 fully saturated rings. The second-order valence-corrected chi connectivity index (χ2v) is 5.39. The lowest BCUT2D eigenvalue weighted by atomic mass is 10.0. The molecular weight excluding hydrogens is 266 g/mol. The highest BCUT2D eigenvalue weighted by molar-refractivity contribution is 5.92. The third-order valence-electron chi connectivity index (χ3n) is 3.25. The first-order chi connectivity index (χ1) is 9.29. The number of hydrogen-bond acceptors (Lipinski definition) is 2. The Morgan fingerprint density at radius 3 is 2.70 bits per heavy atom. The normalized spacial score (nSPS) is 18.7. The fraction of sp³-hybridized carbons (Fsp3) is 0.429. The minimum Gasteiger partial charge on any atom is -0.342 e. The van der Waals surface area contributed by atoms with E-state index in [2.05, 4.69) is 5.32 Å². The Morgan fingerprint density at radius 1 is 1.30 bits per heavy atom. The summed E-state index contributed by atoms with van der Waals surface area (Å²) in [5.74, 6) is -1.67. The lowest BCUT2D eigenvalue weighted by Gasteiger charge is -2.29. The smallest absolute Gasteiger partial charge is 0.248 e. The van der Waals surface area contributed by atoms with Crippen LogP contribution in [0.3, 0.4) is 0 Å². The van der Waals surface area contributed by atoms with E-state index in [4.69, 9.17) is 0 Å². The summed E-state index contributed by atoms with van der Waals surface area (Å²) in [7, 11) is 0. The first kappa shape index (κ1) is 14.4. The number of amides is 2. The fourth-order valence-corrected chi connectivity index (χ4v) is 2.22. The Kier molecular flexibility index (Phi) is 3.74. The first-order valence-corrected chi connectivity index (χ1v) is 6.34. The predicted molar refractivity (Wildman–Crippen MR) is 68.6 cm³/mol. The van der Waals surface area contributed by atoms with E-state index < -0.39 is 17.2 Å². The molecule has 0 spiro atoms. The molecule has 0 atom stereocenters. The lowest BCUT2D eigenvalue weighted by molar-refractivity contribution is -0.137. The van der Waals surface area contributed by atoms with Crippen molar-refractivity contribution < 1.29 is 18.4 Å². The Hall–Kier alpha value is -1.98. The summed E-state index contributed by atoms with van der Waals surface area (Å²) in [4.78, 5) is 25.2. The first-order valence-electron chi connectivity index (χ1n) is 6.34. The van der Waals surface area contributed by atoms with Gasteiger partial charge in [0.1, 0.15) is 17.2 Å². The molecule has 0 aromatic heterocycles. The molecule has 108 valence electrons. The van der Waals surface area contributed by atoms with E-state index in [0.29, 0.717) is 0 Å². The number of carbonyl (C=O) groups is 2. The van der Waals surface area contributed by atoms with Crippen LogP contribution >= 0.6 is 0 Å². The second-order valence-electron chi connectivity index (χ2n) is 5.39. The Bertz CT molecular complexity index is 558. The summed E-state index contributed by atoms with van der Waals surface area (Å²) in [6.45, 7) is 3.31. The Morgan fingerprint density at radius 2 is 2.00 bits per heavy atom. The van der Waals surface area contributed by atoms with Crippen LogP contribution in [-0.2, 0) is 16.1 Å². The van der Waals surface area contributed by atoms with Gasteiger partial charge in [-0.25, -0.2) is 8.78 Å². The van der Waals surface area contributed by atoms with E-state index in [-0.39, 0.29) is 36.9 Å². The van der Waals surface area contributed by atoms with E-state index in [1.807, 2.05) is 0 Å². The molecule has 0 radical (unpaired) electrons. The minimum absolute atomic E-state index is 0.0547. The SMILES string of the molecule is CC1(C)NC(=O)CCN(Cc2cc(F)ccc2F)C1=O. The van der Waals surface area contributed by atoms with Crippen LogP contribution in [0.25, 0.3) is 0 Å². The van der Waals surface area contributed by atoms with Gasteiger partial charge in [0, 0.05) is 25.1 Å². The average molecular weight is 282 g/mol. The molecule has 1 aromatic carbocycles. The van der Waals surface area contributed by atoms with Gasteiger partial charge in [0.05, 0.1) is 0 Å². The standard InChI is InChI=1S/C14H16F2N2O2/c1-14(2)13(20)18(6-5-12(19)17-14)8-9-7-10(15)3-4-11(9)16/h3-4,7H,5-6,8H2,1-2H3,(H,17,19). The van der Waals surface area contributed by atoms with Gasteiger partial charge < -0.3 is 10.2 Å². The highest BCUT2D eigenvalue weighted by Gasteiger charge is 2.36. The highest BCUT2D eigenvalue weighted by Crippen LogP contribution is 2.18. The molecule has 2 amide bonds. The van der Waals surface area contributed by atoms with Gasteiger partial charge in [-0.3, -0.25) is 9.59 Å². The molecular formula is C14H16F2N2O2. The molecule has 1 saturated heterocycles. The Labute approximate surface area is 115 Å². The maximum atomic E-state index is 13.6. The molecule has 1 aromatic rings. The van der Waals surface area contributed by atoms with Crippen LogP contribution in [0, 0.1) is 11.6 Å². The quantitative estimate of drug-likeness (QED) is 0.895. The van der Waals surface area contributed by atoms with Crippen LogP contribution in [-0.4, -0.2) is 28.8 Å². The van der Waals surface area contributed by atoms with Gasteiger partial charge in [-0.05, 0) is 32.0 Å². The van der Waals surface area contributed by atoms with Crippen LogP contribution in [0.1, 0.15) is 25.8 Å². The van der Waals surface area contributed by atoms with Crippen molar-refractivity contribution in [1.29, 1.82) is 0 Å². The molecule has 0 saturated carbocycles. The van der Waals surface area contributed by atoms with Crippen molar-refractivity contribution in [3.63, 3.8) is 0 Å². The van der Waals surface area contributed by atoms with Crippen molar-refractivity contribution >= 4 is 11.8 Å². The summed E-state index contributed by atoms with van der Waals surface area (Å²) < 4.78 is 26.8. The highest BCUT2D eigenvalue weighted by atomic mass is 19.1. The van der Waals surface area contributed by atoms with Gasteiger partial charge in [-0.15, -0.1) is 0 Å². The molecule has 1 aliphatic heterocycles. The van der Waals surface area contributed by atoms with E-state index >= 15 is 0 Å². The minimum atomic E-state index is -1.04. The summed E-state index contributed by atoms with van der Waals surface area (Å²) in [5, 5.41) is 2.61. The number of carbonyl (C=O) groups excluding carboxylic acids is 2. The zero-order chi connectivity index (χ0) is 14.9. The topological polar surface area (TPSA) is 49.4 Å². The number of nitrogens with zero attached hydrogens (tertiary/aromatic N) is 1. The molecule has 2 rings (SSSR count). The van der Waals surface area contributed by atoms with Crippen molar-refractivity contribution in [2.24, 2.45) is 0 Å². The zero-order valence-corrected chi connectivity index (χ0v) is 11.4. The van der Waals surface area contributed by atoms with Crippen LogP contribution in [0.2, 0.25) is 0 Å². The largest absolute Gasteiger partial charge is 0.342 e. The number of hydrogen-bond donors (Lipinski definition) is 1. The Balaban J connectivity index is 2.25. The maximum absolute atomic E-state index is 13.6. The number of rotatable bonds is 2. The van der Waals surface area contributed by atoms with Crippen LogP contribution in [0.15, 0.2) is 18.2 Å². The van der Waals surface area contributed by atoms with Crippen molar-refractivity contribution in [2.45, 2.75) is 32.4 Å². The van der Waals surface area contributed by atoms with Crippen molar-refractivity contribution in [3.8, 4) is 0 Å². The van der Waals surface area contributed by atoms with Gasteiger partial charge in [0.2, 0.25) is 11.8 Å². The lowest BCUT2D eigenvalue weighted by Crippen LogP contribution is -2.52. The molecule has 6 heteroatoms. The summed E-state index contributed by atoms with van der Waals surface area (Å²) >= 11 is 0. The van der Waals surface area contributed by atoms with Gasteiger partial charge >= 0.3 is 0 Å². The van der Waals surface area contributed by atoms with E-state index in [0.717, 1.165) is 18.2 Å².